The highest BCUT2D eigenvalue weighted by molar-refractivity contribution is 9.10. The zero-order chi connectivity index (χ0) is 15.1. The first-order chi connectivity index (χ1) is 9.97. The number of rotatable bonds is 2. The van der Waals surface area contributed by atoms with E-state index in [1.165, 1.54) is 12.2 Å². The lowest BCUT2D eigenvalue weighted by Crippen LogP contribution is -2.28. The van der Waals surface area contributed by atoms with Gasteiger partial charge in [-0.15, -0.1) is 0 Å². The van der Waals surface area contributed by atoms with Crippen molar-refractivity contribution in [3.63, 3.8) is 0 Å². The molecule has 0 bridgehead atoms. The molecule has 1 aliphatic carbocycles. The van der Waals surface area contributed by atoms with Crippen molar-refractivity contribution >= 4 is 45.1 Å². The first-order valence-corrected chi connectivity index (χ1v) is 7.39. The molecule has 1 heterocycles. The Morgan fingerprint density at radius 3 is 2.57 bits per heavy atom. The van der Waals surface area contributed by atoms with Gasteiger partial charge in [0.05, 0.1) is 17.1 Å². The molecule has 1 aliphatic heterocycles. The molecule has 6 heteroatoms. The second-order valence-corrected chi connectivity index (χ2v) is 6.05. The number of nitrogens with zero attached hydrogens (tertiary/aromatic N) is 1. The molecule has 4 nitrogen and oxygen atoms in total. The average Bonchev–Trinajstić information content (AvgIpc) is 2.68. The summed E-state index contributed by atoms with van der Waals surface area (Å²) in [6.45, 7) is 0.149. The van der Waals surface area contributed by atoms with Gasteiger partial charge in [-0.3, -0.25) is 19.3 Å². The van der Waals surface area contributed by atoms with E-state index in [2.05, 4.69) is 15.9 Å². The molecule has 1 aromatic carbocycles. The molecule has 0 N–H and O–H groups in total. The Hall–Kier alpha value is -1.72. The van der Waals surface area contributed by atoms with Gasteiger partial charge < -0.3 is 0 Å². The number of carbonyl (C=O) groups excluding carboxylic acids is 3. The smallest absolute Gasteiger partial charge is 0.261 e. The van der Waals surface area contributed by atoms with E-state index in [0.29, 0.717) is 15.1 Å². The summed E-state index contributed by atoms with van der Waals surface area (Å²) in [6, 6.07) is 5.21. The molecule has 0 saturated carbocycles. The average molecular weight is 367 g/mol. The minimum Gasteiger partial charge on any atom is -0.294 e. The van der Waals surface area contributed by atoms with E-state index >= 15 is 0 Å². The second-order valence-electron chi connectivity index (χ2n) is 4.79. The van der Waals surface area contributed by atoms with Crippen molar-refractivity contribution in [2.24, 2.45) is 0 Å². The van der Waals surface area contributed by atoms with Crippen molar-refractivity contribution < 1.29 is 14.4 Å². The van der Waals surface area contributed by atoms with Crippen molar-refractivity contribution in [2.75, 3.05) is 0 Å². The quantitative estimate of drug-likeness (QED) is 0.756. The molecule has 0 unspecified atom stereocenters. The van der Waals surface area contributed by atoms with Crippen LogP contribution in [0.25, 0.3) is 0 Å². The molecular weight excluding hydrogens is 358 g/mol. The molecule has 2 amide bonds. The number of allylic oxidation sites excluding steroid dienone is 2. The zero-order valence-corrected chi connectivity index (χ0v) is 13.1. The maximum Gasteiger partial charge on any atom is 0.261 e. The molecule has 0 aromatic heterocycles. The maximum absolute atomic E-state index is 12.3. The third-order valence-electron chi connectivity index (χ3n) is 3.38. The van der Waals surface area contributed by atoms with E-state index in [1.54, 1.807) is 18.2 Å². The minimum absolute atomic E-state index is 0.149. The maximum atomic E-state index is 12.3. The number of halogens is 2. The number of ketones is 1. The third kappa shape index (κ3) is 2.47. The summed E-state index contributed by atoms with van der Waals surface area (Å²) >= 11 is 9.23. The lowest BCUT2D eigenvalue weighted by Gasteiger charge is -2.13. The Bertz CT molecular complexity index is 751. The highest BCUT2D eigenvalue weighted by atomic mass is 79.9. The summed E-state index contributed by atoms with van der Waals surface area (Å²) in [5.41, 5.74) is 1.30. The van der Waals surface area contributed by atoms with Crippen molar-refractivity contribution in [3.05, 3.63) is 56.6 Å². The van der Waals surface area contributed by atoms with Gasteiger partial charge in [0.2, 0.25) is 0 Å². The van der Waals surface area contributed by atoms with E-state index in [0.717, 1.165) is 10.5 Å². The van der Waals surface area contributed by atoms with E-state index in [1.807, 2.05) is 0 Å². The first kappa shape index (κ1) is 14.2. The molecular formula is C15H9BrClNO3. The number of hydrogen-bond donors (Lipinski definition) is 0. The van der Waals surface area contributed by atoms with Crippen LogP contribution in [0.15, 0.2) is 46.0 Å². The van der Waals surface area contributed by atoms with Gasteiger partial charge in [-0.2, -0.15) is 0 Å². The van der Waals surface area contributed by atoms with Crippen LogP contribution in [-0.2, 0) is 20.9 Å². The number of hydrogen-bond acceptors (Lipinski definition) is 3. The number of likely N-dealkylation sites (tertiary alicyclic amines) is 1. The fraction of sp³-hybridized carbons (Fsp3) is 0.133. The Labute approximate surface area is 134 Å². The molecule has 2 aliphatic rings. The molecule has 3 rings (SSSR count). The van der Waals surface area contributed by atoms with Gasteiger partial charge in [-0.05, 0) is 39.7 Å². The van der Waals surface area contributed by atoms with Gasteiger partial charge in [0.15, 0.2) is 5.78 Å². The van der Waals surface area contributed by atoms with Crippen LogP contribution in [0.4, 0.5) is 0 Å². The van der Waals surface area contributed by atoms with E-state index in [9.17, 15) is 14.4 Å². The standard InChI is InChI=1S/C15H9BrClNO3/c16-12-5-8(1-4-13(12)17)7-18-14(20)10-3-2-9(19)6-11(10)15(18)21/h1,3-6H,2,7H2. The Balaban J connectivity index is 1.91. The summed E-state index contributed by atoms with van der Waals surface area (Å²) in [6.07, 6.45) is 2.95. The first-order valence-electron chi connectivity index (χ1n) is 6.22. The number of fused-ring (bicyclic) bond motifs is 1. The molecule has 0 atom stereocenters. The Kier molecular flexibility index (Phi) is 3.55. The van der Waals surface area contributed by atoms with E-state index in [-0.39, 0.29) is 30.2 Å². The second kappa shape index (κ2) is 5.24. The molecule has 1 aromatic rings. The summed E-state index contributed by atoms with van der Waals surface area (Å²) in [5.74, 6) is -0.943. The summed E-state index contributed by atoms with van der Waals surface area (Å²) in [7, 11) is 0. The van der Waals surface area contributed by atoms with Crippen molar-refractivity contribution in [1.82, 2.24) is 4.90 Å². The Morgan fingerprint density at radius 2 is 1.86 bits per heavy atom. The van der Waals surface area contributed by atoms with Crippen LogP contribution in [0.2, 0.25) is 5.02 Å². The molecule has 1 fully saturated rings. The third-order valence-corrected chi connectivity index (χ3v) is 4.59. The van der Waals surface area contributed by atoms with Crippen LogP contribution < -0.4 is 0 Å². The SMILES string of the molecule is O=C1C=C2C(=O)N(Cc3ccc(Cl)c(Br)c3)C(=O)C2=CC1. The Morgan fingerprint density at radius 1 is 1.14 bits per heavy atom. The van der Waals surface area contributed by atoms with Crippen LogP contribution in [-0.4, -0.2) is 22.5 Å². The topological polar surface area (TPSA) is 54.5 Å². The van der Waals surface area contributed by atoms with E-state index in [4.69, 9.17) is 11.6 Å². The van der Waals surface area contributed by atoms with Gasteiger partial charge in [0.25, 0.3) is 11.8 Å². The van der Waals surface area contributed by atoms with Crippen LogP contribution in [0.3, 0.4) is 0 Å². The predicted molar refractivity (Wildman–Crippen MR) is 80.5 cm³/mol. The normalized spacial score (nSPS) is 17.8. The summed E-state index contributed by atoms with van der Waals surface area (Å²) in [5, 5.41) is 0.558. The molecule has 0 spiro atoms. The monoisotopic (exact) mass is 365 g/mol. The van der Waals surface area contributed by atoms with Gasteiger partial charge in [0.1, 0.15) is 0 Å². The summed E-state index contributed by atoms with van der Waals surface area (Å²) < 4.78 is 0.701. The lowest BCUT2D eigenvalue weighted by molar-refractivity contribution is -0.137. The van der Waals surface area contributed by atoms with Crippen LogP contribution in [0.1, 0.15) is 12.0 Å². The largest absolute Gasteiger partial charge is 0.294 e. The van der Waals surface area contributed by atoms with Crippen molar-refractivity contribution in [3.8, 4) is 0 Å². The number of imide groups is 1. The zero-order valence-electron chi connectivity index (χ0n) is 10.7. The van der Waals surface area contributed by atoms with Crippen LogP contribution in [0.5, 0.6) is 0 Å². The van der Waals surface area contributed by atoms with Gasteiger partial charge in [0, 0.05) is 16.5 Å². The fourth-order valence-electron chi connectivity index (χ4n) is 2.34. The molecule has 0 radical (unpaired) electrons. The van der Waals surface area contributed by atoms with Crippen LogP contribution >= 0.6 is 27.5 Å². The number of carbonyl (C=O) groups is 3. The van der Waals surface area contributed by atoms with Crippen molar-refractivity contribution in [2.45, 2.75) is 13.0 Å². The minimum atomic E-state index is -0.426. The van der Waals surface area contributed by atoms with Gasteiger partial charge in [-0.25, -0.2) is 0 Å². The number of amides is 2. The molecule has 21 heavy (non-hydrogen) atoms. The number of benzene rings is 1. The van der Waals surface area contributed by atoms with Crippen LogP contribution in [0, 0.1) is 0 Å². The predicted octanol–water partition coefficient (Wildman–Crippen LogP) is 2.80. The molecule has 1 saturated heterocycles. The van der Waals surface area contributed by atoms with Gasteiger partial charge in [-0.1, -0.05) is 23.7 Å². The van der Waals surface area contributed by atoms with Gasteiger partial charge >= 0.3 is 0 Å². The highest BCUT2D eigenvalue weighted by Crippen LogP contribution is 2.30. The van der Waals surface area contributed by atoms with E-state index < -0.39 is 5.91 Å². The summed E-state index contributed by atoms with van der Waals surface area (Å²) in [4.78, 5) is 37.0. The fourth-order valence-corrected chi connectivity index (χ4v) is 2.88. The van der Waals surface area contributed by atoms with Crippen molar-refractivity contribution in [1.29, 1.82) is 0 Å². The highest BCUT2D eigenvalue weighted by Gasteiger charge is 2.40. The molecule has 106 valence electrons. The lowest BCUT2D eigenvalue weighted by atomic mass is 9.99.